The number of thiophene rings is 1. The molecule has 0 aliphatic carbocycles. The van der Waals surface area contributed by atoms with Crippen LogP contribution in [0.4, 0.5) is 0 Å². The summed E-state index contributed by atoms with van der Waals surface area (Å²) in [5.74, 6) is -0.672. The number of aromatic nitrogens is 1. The topological polar surface area (TPSA) is 63.3 Å². The lowest BCUT2D eigenvalue weighted by Gasteiger charge is -1.91. The molecule has 0 atom stereocenters. The van der Waals surface area contributed by atoms with Crippen molar-refractivity contribution in [2.24, 2.45) is 0 Å². The average Bonchev–Trinajstić information content (AvgIpc) is 2.84. The van der Waals surface area contributed by atoms with Crippen molar-refractivity contribution in [3.05, 3.63) is 28.5 Å². The summed E-state index contributed by atoms with van der Waals surface area (Å²) in [5.41, 5.74) is 1.58. The predicted molar refractivity (Wildman–Crippen MR) is 65.5 cm³/mol. The molecule has 0 aromatic carbocycles. The van der Waals surface area contributed by atoms with Gasteiger partial charge >= 0.3 is 5.97 Å². The van der Waals surface area contributed by atoms with Crippen LogP contribution >= 0.6 is 11.3 Å². The van der Waals surface area contributed by atoms with E-state index < -0.39 is 5.97 Å². The quantitative estimate of drug-likeness (QED) is 0.905. The molecule has 0 spiro atoms. The van der Waals surface area contributed by atoms with Crippen LogP contribution in [-0.4, -0.2) is 16.1 Å². The summed E-state index contributed by atoms with van der Waals surface area (Å²) in [6.07, 6.45) is 1.46. The van der Waals surface area contributed by atoms with Crippen molar-refractivity contribution in [3.63, 3.8) is 0 Å². The summed E-state index contributed by atoms with van der Waals surface area (Å²) in [4.78, 5) is 16.2. The van der Waals surface area contributed by atoms with Crippen LogP contribution in [0, 0.1) is 6.92 Å². The lowest BCUT2D eigenvalue weighted by Crippen LogP contribution is -1.99. The molecule has 0 aliphatic heterocycles. The summed E-state index contributed by atoms with van der Waals surface area (Å²) in [7, 11) is 0. The molecule has 4 nitrogen and oxygen atoms in total. The van der Waals surface area contributed by atoms with Crippen LogP contribution in [0.3, 0.4) is 0 Å². The first kappa shape index (κ1) is 11.9. The smallest absolute Gasteiger partial charge is 0.373 e. The molecule has 0 aliphatic rings. The van der Waals surface area contributed by atoms with Gasteiger partial charge in [-0.05, 0) is 30.4 Å². The lowest BCUT2D eigenvalue weighted by atomic mass is 10.2. The van der Waals surface area contributed by atoms with Gasteiger partial charge in [0.05, 0.1) is 10.6 Å². The summed E-state index contributed by atoms with van der Waals surface area (Å²) in [6.45, 7) is 3.94. The van der Waals surface area contributed by atoms with Gasteiger partial charge in [0.2, 0.25) is 11.7 Å². The van der Waals surface area contributed by atoms with E-state index in [1.165, 1.54) is 11.3 Å². The van der Waals surface area contributed by atoms with Crippen LogP contribution in [0.15, 0.2) is 15.9 Å². The molecule has 0 unspecified atom stereocenters. The van der Waals surface area contributed by atoms with Gasteiger partial charge in [-0.1, -0.05) is 13.3 Å². The molecule has 2 aromatic heterocycles. The molecule has 0 fully saturated rings. The highest BCUT2D eigenvalue weighted by Gasteiger charge is 2.20. The fourth-order valence-corrected chi connectivity index (χ4v) is 2.46. The molecular formula is C12H13NO3S. The fraction of sp³-hybridized carbons (Fsp3) is 0.333. The Labute approximate surface area is 103 Å². The van der Waals surface area contributed by atoms with Gasteiger partial charge in [0.25, 0.3) is 0 Å². The number of carboxylic acids is 1. The zero-order chi connectivity index (χ0) is 12.4. The summed E-state index contributed by atoms with van der Waals surface area (Å²) in [5, 5.41) is 11.0. The second-order valence-electron chi connectivity index (χ2n) is 3.78. The van der Waals surface area contributed by atoms with Crippen LogP contribution in [0.25, 0.3) is 10.8 Å². The van der Waals surface area contributed by atoms with Crippen molar-refractivity contribution in [2.45, 2.75) is 26.7 Å². The SMILES string of the molecule is CCCc1nc(-c2sccc2C)oc1C(=O)O. The Morgan fingerprint density at radius 3 is 2.88 bits per heavy atom. The maximum absolute atomic E-state index is 11.0. The standard InChI is InChI=1S/C12H13NO3S/c1-3-4-8-9(12(14)15)16-11(13-8)10-7(2)5-6-17-10/h5-6H,3-4H2,1-2H3,(H,14,15). The van der Waals surface area contributed by atoms with E-state index in [2.05, 4.69) is 4.98 Å². The van der Waals surface area contributed by atoms with E-state index in [4.69, 9.17) is 9.52 Å². The maximum atomic E-state index is 11.0. The molecule has 0 bridgehead atoms. The van der Waals surface area contributed by atoms with E-state index in [-0.39, 0.29) is 5.76 Å². The Balaban J connectivity index is 2.47. The molecular weight excluding hydrogens is 238 g/mol. The molecule has 2 rings (SSSR count). The first-order valence-electron chi connectivity index (χ1n) is 5.41. The Bertz CT molecular complexity index is 542. The van der Waals surface area contributed by atoms with Gasteiger partial charge in [0.1, 0.15) is 0 Å². The first-order chi connectivity index (χ1) is 8.13. The number of aryl methyl sites for hydroxylation is 2. The van der Waals surface area contributed by atoms with Crippen molar-refractivity contribution >= 4 is 17.3 Å². The molecule has 0 saturated heterocycles. The summed E-state index contributed by atoms with van der Waals surface area (Å²) < 4.78 is 5.35. The molecule has 0 amide bonds. The van der Waals surface area contributed by atoms with Crippen molar-refractivity contribution in [1.82, 2.24) is 4.98 Å². The summed E-state index contributed by atoms with van der Waals surface area (Å²) >= 11 is 1.51. The van der Waals surface area contributed by atoms with Gasteiger partial charge in [-0.3, -0.25) is 0 Å². The number of hydrogen-bond acceptors (Lipinski definition) is 4. The predicted octanol–water partition coefficient (Wildman–Crippen LogP) is 3.36. The monoisotopic (exact) mass is 251 g/mol. The highest BCUT2D eigenvalue weighted by atomic mass is 32.1. The number of aromatic carboxylic acids is 1. The third-order valence-corrected chi connectivity index (χ3v) is 3.44. The number of nitrogens with zero attached hydrogens (tertiary/aromatic N) is 1. The molecule has 2 heterocycles. The minimum atomic E-state index is -1.05. The second kappa shape index (κ2) is 4.71. The lowest BCUT2D eigenvalue weighted by molar-refractivity contribution is 0.0661. The maximum Gasteiger partial charge on any atom is 0.373 e. The highest BCUT2D eigenvalue weighted by Crippen LogP contribution is 2.30. The Morgan fingerprint density at radius 1 is 1.59 bits per heavy atom. The molecule has 90 valence electrons. The van der Waals surface area contributed by atoms with Crippen LogP contribution in [0.2, 0.25) is 0 Å². The van der Waals surface area contributed by atoms with Crippen LogP contribution in [0.1, 0.15) is 35.2 Å². The van der Waals surface area contributed by atoms with Gasteiger partial charge in [0, 0.05) is 0 Å². The van der Waals surface area contributed by atoms with Crippen molar-refractivity contribution < 1.29 is 14.3 Å². The molecule has 2 aromatic rings. The third-order valence-electron chi connectivity index (χ3n) is 2.43. The number of oxazole rings is 1. The van der Waals surface area contributed by atoms with Crippen LogP contribution in [-0.2, 0) is 6.42 Å². The van der Waals surface area contributed by atoms with Gasteiger partial charge < -0.3 is 9.52 Å². The van der Waals surface area contributed by atoms with Gasteiger partial charge in [-0.15, -0.1) is 11.3 Å². The zero-order valence-electron chi connectivity index (χ0n) is 9.69. The van der Waals surface area contributed by atoms with Gasteiger partial charge in [-0.2, -0.15) is 0 Å². The molecule has 0 radical (unpaired) electrons. The second-order valence-corrected chi connectivity index (χ2v) is 4.70. The number of carbonyl (C=O) groups is 1. The number of hydrogen-bond donors (Lipinski definition) is 1. The van der Waals surface area contributed by atoms with E-state index in [9.17, 15) is 4.79 Å². The van der Waals surface area contributed by atoms with Crippen molar-refractivity contribution in [3.8, 4) is 10.8 Å². The van der Waals surface area contributed by atoms with Crippen molar-refractivity contribution in [1.29, 1.82) is 0 Å². The van der Waals surface area contributed by atoms with Gasteiger partial charge in [-0.25, -0.2) is 9.78 Å². The third kappa shape index (κ3) is 2.24. The van der Waals surface area contributed by atoms with E-state index in [0.717, 1.165) is 16.9 Å². The molecule has 0 saturated carbocycles. The number of rotatable bonds is 4. The highest BCUT2D eigenvalue weighted by molar-refractivity contribution is 7.13. The van der Waals surface area contributed by atoms with Crippen LogP contribution in [0.5, 0.6) is 0 Å². The molecule has 17 heavy (non-hydrogen) atoms. The normalized spacial score (nSPS) is 10.7. The van der Waals surface area contributed by atoms with Crippen LogP contribution < -0.4 is 0 Å². The Morgan fingerprint density at radius 2 is 2.35 bits per heavy atom. The van der Waals surface area contributed by atoms with E-state index >= 15 is 0 Å². The average molecular weight is 251 g/mol. The van der Waals surface area contributed by atoms with E-state index in [1.54, 1.807) is 0 Å². The minimum absolute atomic E-state index is 0.0327. The van der Waals surface area contributed by atoms with E-state index in [0.29, 0.717) is 18.0 Å². The fourth-order valence-electron chi connectivity index (χ4n) is 1.61. The Kier molecular flexibility index (Phi) is 3.28. The van der Waals surface area contributed by atoms with E-state index in [1.807, 2.05) is 25.3 Å². The zero-order valence-corrected chi connectivity index (χ0v) is 10.5. The number of carboxylic acid groups (broad SMARTS) is 1. The first-order valence-corrected chi connectivity index (χ1v) is 6.29. The minimum Gasteiger partial charge on any atom is -0.475 e. The Hall–Kier alpha value is -1.62. The molecule has 5 heteroatoms. The summed E-state index contributed by atoms with van der Waals surface area (Å²) in [6, 6.07) is 1.96. The largest absolute Gasteiger partial charge is 0.475 e. The molecule has 1 N–H and O–H groups in total. The van der Waals surface area contributed by atoms with Crippen molar-refractivity contribution in [2.75, 3.05) is 0 Å². The van der Waals surface area contributed by atoms with Gasteiger partial charge in [0.15, 0.2) is 0 Å².